The average molecular weight is 276 g/mol. The monoisotopic (exact) mass is 276 g/mol. The average Bonchev–Trinajstić information content (AvgIpc) is 2.97. The molecule has 1 unspecified atom stereocenters. The molecule has 1 aliphatic rings. The van der Waals surface area contributed by atoms with Gasteiger partial charge in [-0.05, 0) is 49.5 Å². The van der Waals surface area contributed by atoms with E-state index in [9.17, 15) is 0 Å². The number of ether oxygens (including phenoxy) is 1. The second-order valence-electron chi connectivity index (χ2n) is 6.04. The Bertz CT molecular complexity index is 400. The molecule has 0 saturated carbocycles. The van der Waals surface area contributed by atoms with Crippen LogP contribution in [0.4, 0.5) is 0 Å². The van der Waals surface area contributed by atoms with Gasteiger partial charge < -0.3 is 10.1 Å². The first kappa shape index (κ1) is 15.3. The molecule has 2 rings (SSSR count). The van der Waals surface area contributed by atoms with Crippen molar-refractivity contribution in [2.45, 2.75) is 39.3 Å². The normalized spacial score (nSPS) is 17.6. The Morgan fingerprint density at radius 3 is 2.65 bits per heavy atom. The standard InChI is InChI=1S/C17H28N2O/c1-14(2)17(19-9-4-5-10-19)13-18-12-15-7-6-8-16(11-15)20-3/h6-8,11,14,17-18H,4-5,9-10,12-13H2,1-3H3. The van der Waals surface area contributed by atoms with E-state index in [1.165, 1.54) is 31.5 Å². The molecule has 1 aliphatic heterocycles. The fourth-order valence-corrected chi connectivity index (χ4v) is 3.01. The summed E-state index contributed by atoms with van der Waals surface area (Å²) < 4.78 is 5.27. The Morgan fingerprint density at radius 2 is 2.00 bits per heavy atom. The van der Waals surface area contributed by atoms with Gasteiger partial charge >= 0.3 is 0 Å². The van der Waals surface area contributed by atoms with Crippen LogP contribution in [-0.2, 0) is 6.54 Å². The molecule has 20 heavy (non-hydrogen) atoms. The minimum absolute atomic E-state index is 0.656. The van der Waals surface area contributed by atoms with Crippen molar-refractivity contribution in [3.8, 4) is 5.75 Å². The van der Waals surface area contributed by atoms with Crippen LogP contribution in [0.25, 0.3) is 0 Å². The maximum absolute atomic E-state index is 5.27. The quantitative estimate of drug-likeness (QED) is 0.829. The topological polar surface area (TPSA) is 24.5 Å². The second-order valence-corrected chi connectivity index (χ2v) is 6.04. The van der Waals surface area contributed by atoms with E-state index >= 15 is 0 Å². The lowest BCUT2D eigenvalue weighted by molar-refractivity contribution is 0.186. The van der Waals surface area contributed by atoms with Crippen LogP contribution in [0.2, 0.25) is 0 Å². The van der Waals surface area contributed by atoms with Gasteiger partial charge in [0.2, 0.25) is 0 Å². The van der Waals surface area contributed by atoms with Crippen molar-refractivity contribution < 1.29 is 4.74 Å². The lowest BCUT2D eigenvalue weighted by atomic mass is 10.0. The zero-order valence-corrected chi connectivity index (χ0v) is 13.1. The van der Waals surface area contributed by atoms with Gasteiger partial charge in [0.25, 0.3) is 0 Å². The van der Waals surface area contributed by atoms with Crippen molar-refractivity contribution in [2.24, 2.45) is 5.92 Å². The van der Waals surface area contributed by atoms with Crippen molar-refractivity contribution in [1.82, 2.24) is 10.2 Å². The number of likely N-dealkylation sites (tertiary alicyclic amines) is 1. The van der Waals surface area contributed by atoms with Crippen LogP contribution in [0.3, 0.4) is 0 Å². The molecule has 3 heteroatoms. The van der Waals surface area contributed by atoms with Crippen LogP contribution >= 0.6 is 0 Å². The highest BCUT2D eigenvalue weighted by Crippen LogP contribution is 2.17. The van der Waals surface area contributed by atoms with Gasteiger partial charge in [-0.2, -0.15) is 0 Å². The summed E-state index contributed by atoms with van der Waals surface area (Å²) in [7, 11) is 1.72. The third kappa shape index (κ3) is 4.22. The molecule has 1 atom stereocenters. The Balaban J connectivity index is 1.83. The van der Waals surface area contributed by atoms with Crippen LogP contribution < -0.4 is 10.1 Å². The van der Waals surface area contributed by atoms with Gasteiger partial charge in [-0.15, -0.1) is 0 Å². The molecule has 0 aromatic heterocycles. The summed E-state index contributed by atoms with van der Waals surface area (Å²) in [6, 6.07) is 8.95. The lowest BCUT2D eigenvalue weighted by Crippen LogP contribution is -2.44. The zero-order chi connectivity index (χ0) is 14.4. The number of benzene rings is 1. The molecule has 0 bridgehead atoms. The van der Waals surface area contributed by atoms with E-state index in [1.807, 2.05) is 6.07 Å². The van der Waals surface area contributed by atoms with E-state index < -0.39 is 0 Å². The van der Waals surface area contributed by atoms with E-state index in [0.29, 0.717) is 12.0 Å². The Morgan fingerprint density at radius 1 is 1.25 bits per heavy atom. The lowest BCUT2D eigenvalue weighted by Gasteiger charge is -2.31. The van der Waals surface area contributed by atoms with Gasteiger partial charge in [0.1, 0.15) is 5.75 Å². The maximum atomic E-state index is 5.27. The Labute approximate surface area is 123 Å². The Kier molecular flexibility index (Phi) is 5.86. The predicted molar refractivity (Wildman–Crippen MR) is 84.1 cm³/mol. The molecule has 1 heterocycles. The van der Waals surface area contributed by atoms with E-state index in [-0.39, 0.29) is 0 Å². The molecule has 112 valence electrons. The second kappa shape index (κ2) is 7.65. The molecular weight excluding hydrogens is 248 g/mol. The molecule has 0 spiro atoms. The number of nitrogens with zero attached hydrogens (tertiary/aromatic N) is 1. The molecule has 0 aliphatic carbocycles. The smallest absolute Gasteiger partial charge is 0.119 e. The molecule has 1 saturated heterocycles. The third-order valence-corrected chi connectivity index (χ3v) is 4.20. The van der Waals surface area contributed by atoms with Gasteiger partial charge in [0, 0.05) is 19.1 Å². The summed E-state index contributed by atoms with van der Waals surface area (Å²) in [6.45, 7) is 9.17. The molecule has 1 aromatic rings. The fraction of sp³-hybridized carbons (Fsp3) is 0.647. The number of hydrogen-bond acceptors (Lipinski definition) is 3. The molecular formula is C17H28N2O. The van der Waals surface area contributed by atoms with Crippen LogP contribution in [0.5, 0.6) is 5.75 Å². The van der Waals surface area contributed by atoms with Crippen molar-refractivity contribution in [3.05, 3.63) is 29.8 Å². The SMILES string of the molecule is COc1cccc(CNCC(C(C)C)N2CCCC2)c1. The minimum atomic E-state index is 0.656. The van der Waals surface area contributed by atoms with Crippen LogP contribution in [-0.4, -0.2) is 37.7 Å². The molecule has 0 radical (unpaired) electrons. The third-order valence-electron chi connectivity index (χ3n) is 4.20. The summed E-state index contributed by atoms with van der Waals surface area (Å²) in [5.41, 5.74) is 1.29. The molecule has 1 aromatic carbocycles. The van der Waals surface area contributed by atoms with Gasteiger partial charge in [0.05, 0.1) is 7.11 Å². The van der Waals surface area contributed by atoms with E-state index in [1.54, 1.807) is 7.11 Å². The van der Waals surface area contributed by atoms with Crippen molar-refractivity contribution in [2.75, 3.05) is 26.7 Å². The first-order valence-corrected chi connectivity index (χ1v) is 7.78. The summed E-state index contributed by atoms with van der Waals surface area (Å²) in [4.78, 5) is 2.64. The van der Waals surface area contributed by atoms with Gasteiger partial charge in [-0.1, -0.05) is 26.0 Å². The van der Waals surface area contributed by atoms with Crippen LogP contribution in [0, 0.1) is 5.92 Å². The van der Waals surface area contributed by atoms with Gasteiger partial charge in [-0.3, -0.25) is 4.90 Å². The van der Waals surface area contributed by atoms with Crippen molar-refractivity contribution in [1.29, 1.82) is 0 Å². The predicted octanol–water partition coefficient (Wildman–Crippen LogP) is 2.91. The van der Waals surface area contributed by atoms with E-state index in [4.69, 9.17) is 4.74 Å². The first-order chi connectivity index (χ1) is 9.70. The van der Waals surface area contributed by atoms with E-state index in [2.05, 4.69) is 42.3 Å². The van der Waals surface area contributed by atoms with Crippen LogP contribution in [0.15, 0.2) is 24.3 Å². The van der Waals surface area contributed by atoms with Crippen molar-refractivity contribution in [3.63, 3.8) is 0 Å². The maximum Gasteiger partial charge on any atom is 0.119 e. The molecule has 1 fully saturated rings. The highest BCUT2D eigenvalue weighted by atomic mass is 16.5. The summed E-state index contributed by atoms with van der Waals surface area (Å²) in [5.74, 6) is 1.63. The van der Waals surface area contributed by atoms with Crippen molar-refractivity contribution >= 4 is 0 Å². The number of methoxy groups -OCH3 is 1. The number of hydrogen-bond donors (Lipinski definition) is 1. The fourth-order valence-electron chi connectivity index (χ4n) is 3.01. The van der Waals surface area contributed by atoms with Gasteiger partial charge in [-0.25, -0.2) is 0 Å². The zero-order valence-electron chi connectivity index (χ0n) is 13.1. The minimum Gasteiger partial charge on any atom is -0.497 e. The molecule has 1 N–H and O–H groups in total. The summed E-state index contributed by atoms with van der Waals surface area (Å²) in [5, 5.41) is 3.61. The summed E-state index contributed by atoms with van der Waals surface area (Å²) in [6.07, 6.45) is 2.72. The number of nitrogens with one attached hydrogen (secondary N) is 1. The molecule has 3 nitrogen and oxygen atoms in total. The Hall–Kier alpha value is -1.06. The van der Waals surface area contributed by atoms with E-state index in [0.717, 1.165) is 18.8 Å². The highest BCUT2D eigenvalue weighted by molar-refractivity contribution is 5.28. The number of rotatable bonds is 7. The van der Waals surface area contributed by atoms with Gasteiger partial charge in [0.15, 0.2) is 0 Å². The summed E-state index contributed by atoms with van der Waals surface area (Å²) >= 11 is 0. The highest BCUT2D eigenvalue weighted by Gasteiger charge is 2.23. The first-order valence-electron chi connectivity index (χ1n) is 7.78. The van der Waals surface area contributed by atoms with Crippen LogP contribution in [0.1, 0.15) is 32.3 Å². The largest absolute Gasteiger partial charge is 0.497 e. The molecule has 0 amide bonds.